The molecule has 1 aromatic heterocycles. The first-order valence-electron chi connectivity index (χ1n) is 9.82. The fourth-order valence-electron chi connectivity index (χ4n) is 4.23. The molecule has 2 amide bonds. The quantitative estimate of drug-likeness (QED) is 0.626. The molecule has 0 spiro atoms. The van der Waals surface area contributed by atoms with E-state index in [1.807, 2.05) is 23.1 Å². The molecule has 0 radical (unpaired) electrons. The number of amides is 2. The van der Waals surface area contributed by atoms with E-state index >= 15 is 0 Å². The van der Waals surface area contributed by atoms with E-state index in [1.54, 1.807) is 30.6 Å². The number of urea groups is 1. The second kappa shape index (κ2) is 7.44. The van der Waals surface area contributed by atoms with Gasteiger partial charge in [-0.05, 0) is 42.5 Å². The van der Waals surface area contributed by atoms with Crippen molar-refractivity contribution < 1.29 is 18.3 Å². The number of carbonyl (C=O) groups is 1. The fourth-order valence-corrected chi connectivity index (χ4v) is 4.23. The molecule has 6 nitrogen and oxygen atoms in total. The molecule has 2 fully saturated rings. The largest absolute Gasteiger partial charge is 0.433 e. The molecular formula is C22H20F2N4O2. The summed E-state index contributed by atoms with van der Waals surface area (Å²) in [5.74, 6) is 1.26. The predicted molar refractivity (Wildman–Crippen MR) is 111 cm³/mol. The smallest absolute Gasteiger partial charge is 0.387 e. The van der Waals surface area contributed by atoms with Crippen LogP contribution in [0.4, 0.5) is 30.6 Å². The second-order valence-electron chi connectivity index (χ2n) is 7.67. The number of alkyl halides is 2. The number of pyridine rings is 1. The van der Waals surface area contributed by atoms with E-state index in [0.717, 1.165) is 23.9 Å². The number of ether oxygens (including phenoxy) is 1. The first-order valence-corrected chi connectivity index (χ1v) is 9.82. The summed E-state index contributed by atoms with van der Waals surface area (Å²) in [5.41, 5.74) is 1.58. The number of hydrogen-bond acceptors (Lipinski definition) is 4. The number of rotatable bonds is 5. The van der Waals surface area contributed by atoms with Gasteiger partial charge in [-0.3, -0.25) is 4.98 Å². The molecule has 1 saturated heterocycles. The minimum Gasteiger partial charge on any atom is -0.433 e. The SMILES string of the molecule is O=C(Nc1cccc(OC(F)F)c1N1CC2CC2C1)Nc1cccc2cnccc12. The van der Waals surface area contributed by atoms with Crippen LogP contribution in [0.1, 0.15) is 6.42 Å². The van der Waals surface area contributed by atoms with Crippen molar-refractivity contribution in [3.63, 3.8) is 0 Å². The van der Waals surface area contributed by atoms with Crippen LogP contribution in [0, 0.1) is 11.8 Å². The van der Waals surface area contributed by atoms with Crippen molar-refractivity contribution in [1.29, 1.82) is 0 Å². The average Bonchev–Trinajstić information content (AvgIpc) is 3.33. The zero-order chi connectivity index (χ0) is 20.7. The molecule has 2 atom stereocenters. The van der Waals surface area contributed by atoms with E-state index in [4.69, 9.17) is 4.74 Å². The van der Waals surface area contributed by atoms with Crippen molar-refractivity contribution >= 4 is 33.9 Å². The van der Waals surface area contributed by atoms with Crippen LogP contribution in [0.25, 0.3) is 10.8 Å². The predicted octanol–water partition coefficient (Wildman–Crippen LogP) is 4.94. The summed E-state index contributed by atoms with van der Waals surface area (Å²) in [6.07, 6.45) is 4.56. The first-order chi connectivity index (χ1) is 14.6. The minimum atomic E-state index is -2.94. The van der Waals surface area contributed by atoms with E-state index in [-0.39, 0.29) is 5.75 Å². The Bertz CT molecular complexity index is 1090. The van der Waals surface area contributed by atoms with Crippen molar-refractivity contribution in [2.45, 2.75) is 13.0 Å². The summed E-state index contributed by atoms with van der Waals surface area (Å²) >= 11 is 0. The van der Waals surface area contributed by atoms with Crippen molar-refractivity contribution in [3.05, 3.63) is 54.9 Å². The van der Waals surface area contributed by atoms with E-state index in [2.05, 4.69) is 15.6 Å². The van der Waals surface area contributed by atoms with Crippen LogP contribution in [0.3, 0.4) is 0 Å². The van der Waals surface area contributed by atoms with Crippen LogP contribution in [0.5, 0.6) is 5.75 Å². The highest BCUT2D eigenvalue weighted by Crippen LogP contribution is 2.49. The summed E-state index contributed by atoms with van der Waals surface area (Å²) in [4.78, 5) is 18.9. The summed E-state index contributed by atoms with van der Waals surface area (Å²) in [5, 5.41) is 7.42. The molecule has 2 heterocycles. The molecule has 8 heteroatoms. The van der Waals surface area contributed by atoms with Gasteiger partial charge in [0.1, 0.15) is 5.69 Å². The fraction of sp³-hybridized carbons (Fsp3) is 0.273. The number of halogens is 2. The van der Waals surface area contributed by atoms with E-state index < -0.39 is 12.6 Å². The molecular weight excluding hydrogens is 390 g/mol. The lowest BCUT2D eigenvalue weighted by molar-refractivity contribution is -0.0494. The molecule has 1 saturated carbocycles. The number of carbonyl (C=O) groups excluding carboxylic acids is 1. The van der Waals surface area contributed by atoms with Crippen molar-refractivity contribution in [2.24, 2.45) is 11.8 Å². The van der Waals surface area contributed by atoms with E-state index in [9.17, 15) is 13.6 Å². The maximum Gasteiger partial charge on any atom is 0.387 e. The van der Waals surface area contributed by atoms with Gasteiger partial charge in [0.15, 0.2) is 5.75 Å². The summed E-state index contributed by atoms with van der Waals surface area (Å²) in [7, 11) is 0. The Balaban J connectivity index is 1.41. The van der Waals surface area contributed by atoms with Crippen LogP contribution in [0.2, 0.25) is 0 Å². The van der Waals surface area contributed by atoms with Gasteiger partial charge in [0, 0.05) is 36.3 Å². The van der Waals surface area contributed by atoms with Crippen LogP contribution in [-0.2, 0) is 0 Å². The standard InChI is InChI=1S/C22H20F2N4O2/c23-21(24)30-19-6-2-5-18(20(19)28-11-14-9-15(14)12-28)27-22(29)26-17-4-1-3-13-10-25-8-7-16(13)17/h1-8,10,14-15,21H,9,11-12H2,(H2,26,27,29). The van der Waals surface area contributed by atoms with Gasteiger partial charge in [-0.1, -0.05) is 18.2 Å². The number of nitrogens with zero attached hydrogens (tertiary/aromatic N) is 2. The van der Waals surface area contributed by atoms with Crippen molar-refractivity contribution in [3.8, 4) is 5.75 Å². The van der Waals surface area contributed by atoms with Crippen LogP contribution >= 0.6 is 0 Å². The topological polar surface area (TPSA) is 66.5 Å². The molecule has 0 bridgehead atoms. The van der Waals surface area contributed by atoms with Gasteiger partial charge in [-0.25, -0.2) is 4.79 Å². The highest BCUT2D eigenvalue weighted by Gasteiger charge is 2.46. The van der Waals surface area contributed by atoms with Gasteiger partial charge >= 0.3 is 12.6 Å². The lowest BCUT2D eigenvalue weighted by atomic mass is 10.1. The number of para-hydroxylation sites is 1. The molecule has 30 heavy (non-hydrogen) atoms. The van der Waals surface area contributed by atoms with Gasteiger partial charge in [0.25, 0.3) is 0 Å². The number of piperidine rings is 1. The number of fused-ring (bicyclic) bond motifs is 2. The Morgan fingerprint density at radius 2 is 1.80 bits per heavy atom. The van der Waals surface area contributed by atoms with Crippen LogP contribution in [-0.4, -0.2) is 30.7 Å². The zero-order valence-electron chi connectivity index (χ0n) is 16.0. The van der Waals surface area contributed by atoms with Gasteiger partial charge in [0.05, 0.1) is 11.4 Å². The molecule has 154 valence electrons. The zero-order valence-corrected chi connectivity index (χ0v) is 16.0. The molecule has 2 unspecified atom stereocenters. The van der Waals surface area contributed by atoms with E-state index in [0.29, 0.717) is 28.9 Å². The van der Waals surface area contributed by atoms with Gasteiger partial charge < -0.3 is 20.3 Å². The summed E-state index contributed by atoms with van der Waals surface area (Å²) < 4.78 is 30.7. The highest BCUT2D eigenvalue weighted by atomic mass is 19.3. The van der Waals surface area contributed by atoms with E-state index in [1.165, 1.54) is 12.5 Å². The lowest BCUT2D eigenvalue weighted by Crippen LogP contribution is -2.26. The Morgan fingerprint density at radius 1 is 1.07 bits per heavy atom. The normalized spacial score (nSPS) is 19.6. The minimum absolute atomic E-state index is 0.0698. The van der Waals surface area contributed by atoms with Gasteiger partial charge in [-0.2, -0.15) is 8.78 Å². The number of nitrogens with one attached hydrogen (secondary N) is 2. The Hall–Kier alpha value is -3.42. The molecule has 5 rings (SSSR count). The third kappa shape index (κ3) is 3.60. The maximum absolute atomic E-state index is 13.0. The Morgan fingerprint density at radius 3 is 2.60 bits per heavy atom. The number of benzene rings is 2. The van der Waals surface area contributed by atoms with Crippen LogP contribution in [0.15, 0.2) is 54.9 Å². The molecule has 2 aromatic carbocycles. The van der Waals surface area contributed by atoms with Gasteiger partial charge in [-0.15, -0.1) is 0 Å². The third-order valence-corrected chi connectivity index (χ3v) is 5.69. The molecule has 1 aliphatic heterocycles. The Labute approximate surface area is 171 Å². The third-order valence-electron chi connectivity index (χ3n) is 5.69. The number of hydrogen-bond donors (Lipinski definition) is 2. The molecule has 2 aliphatic rings. The highest BCUT2D eigenvalue weighted by molar-refractivity contribution is 6.07. The Kier molecular flexibility index (Phi) is 4.61. The monoisotopic (exact) mass is 410 g/mol. The summed E-state index contributed by atoms with van der Waals surface area (Å²) in [6.45, 7) is -1.38. The number of aromatic nitrogens is 1. The second-order valence-corrected chi connectivity index (χ2v) is 7.67. The molecule has 2 N–H and O–H groups in total. The molecule has 1 aliphatic carbocycles. The van der Waals surface area contributed by atoms with Crippen molar-refractivity contribution in [2.75, 3.05) is 28.6 Å². The van der Waals surface area contributed by atoms with Crippen molar-refractivity contribution in [1.82, 2.24) is 4.98 Å². The number of anilines is 3. The van der Waals surface area contributed by atoms with Crippen LogP contribution < -0.4 is 20.3 Å². The van der Waals surface area contributed by atoms with Gasteiger partial charge in [0.2, 0.25) is 0 Å². The maximum atomic E-state index is 13.0. The first kappa shape index (κ1) is 18.6. The average molecular weight is 410 g/mol. The lowest BCUT2D eigenvalue weighted by Gasteiger charge is -2.26. The summed E-state index contributed by atoms with van der Waals surface area (Å²) in [6, 6.07) is 11.7. The molecule has 3 aromatic rings.